The molecule has 8 heteroatoms. The number of alkyl halides is 3. The van der Waals surface area contributed by atoms with Crippen LogP contribution in [0.1, 0.15) is 12.0 Å². The molecule has 3 rings (SSSR count). The van der Waals surface area contributed by atoms with Crippen molar-refractivity contribution in [3.05, 3.63) is 59.1 Å². The number of rotatable bonds is 3. The Labute approximate surface area is 152 Å². The maximum Gasteiger partial charge on any atom is 0.416 e. The molecule has 1 N–H and O–H groups in total. The highest BCUT2D eigenvalue weighted by Crippen LogP contribution is 2.37. The third-order valence-electron chi connectivity index (χ3n) is 4.10. The van der Waals surface area contributed by atoms with E-state index in [0.717, 1.165) is 23.1 Å². The number of hydrogen-bond acceptors (Lipinski definition) is 2. The Hall–Kier alpha value is -2.54. The van der Waals surface area contributed by atoms with Gasteiger partial charge in [0.15, 0.2) is 0 Å². The standard InChI is InChI=1S/C18H14ClF3N2O2/c19-14-7-6-12(18(20,21)22)9-15(14)24-10-11(8-16(24)25)17(26)23-13-4-2-1-3-5-13/h1-7,9,11H,8,10H2,(H,23,26). The van der Waals surface area contributed by atoms with Crippen molar-refractivity contribution in [1.29, 1.82) is 0 Å². The van der Waals surface area contributed by atoms with Gasteiger partial charge in [-0.25, -0.2) is 0 Å². The van der Waals surface area contributed by atoms with Gasteiger partial charge in [0, 0.05) is 18.7 Å². The number of nitrogens with one attached hydrogen (secondary N) is 1. The van der Waals surface area contributed by atoms with Gasteiger partial charge in [0.05, 0.1) is 22.2 Å². The maximum absolute atomic E-state index is 12.9. The predicted molar refractivity (Wildman–Crippen MR) is 92.0 cm³/mol. The second kappa shape index (κ2) is 6.99. The highest BCUT2D eigenvalue weighted by atomic mass is 35.5. The molecule has 136 valence electrons. The van der Waals surface area contributed by atoms with E-state index in [1.54, 1.807) is 30.3 Å². The molecule has 1 fully saturated rings. The van der Waals surface area contributed by atoms with Crippen LogP contribution in [-0.2, 0) is 15.8 Å². The Balaban J connectivity index is 1.79. The van der Waals surface area contributed by atoms with Crippen LogP contribution in [0.4, 0.5) is 24.5 Å². The summed E-state index contributed by atoms with van der Waals surface area (Å²) in [6, 6.07) is 11.5. The van der Waals surface area contributed by atoms with Crippen molar-refractivity contribution in [1.82, 2.24) is 0 Å². The van der Waals surface area contributed by atoms with Crippen LogP contribution in [0.15, 0.2) is 48.5 Å². The summed E-state index contributed by atoms with van der Waals surface area (Å²) in [4.78, 5) is 25.7. The van der Waals surface area contributed by atoms with Gasteiger partial charge in [-0.1, -0.05) is 29.8 Å². The Kier molecular flexibility index (Phi) is 4.91. The summed E-state index contributed by atoms with van der Waals surface area (Å²) in [5.41, 5.74) is -0.358. The quantitative estimate of drug-likeness (QED) is 0.858. The van der Waals surface area contributed by atoms with E-state index in [0.29, 0.717) is 5.69 Å². The van der Waals surface area contributed by atoms with Crippen molar-refractivity contribution in [3.63, 3.8) is 0 Å². The van der Waals surface area contributed by atoms with Crippen molar-refractivity contribution < 1.29 is 22.8 Å². The molecule has 2 aromatic rings. The highest BCUT2D eigenvalue weighted by molar-refractivity contribution is 6.34. The smallest absolute Gasteiger partial charge is 0.326 e. The molecule has 1 aliphatic heterocycles. The lowest BCUT2D eigenvalue weighted by Crippen LogP contribution is -2.28. The van der Waals surface area contributed by atoms with Gasteiger partial charge in [-0.15, -0.1) is 0 Å². The van der Waals surface area contributed by atoms with Crippen LogP contribution in [0.2, 0.25) is 5.02 Å². The van der Waals surface area contributed by atoms with E-state index < -0.39 is 23.6 Å². The van der Waals surface area contributed by atoms with Gasteiger partial charge in [0.25, 0.3) is 0 Å². The zero-order valence-corrected chi connectivity index (χ0v) is 14.1. The Morgan fingerprint density at radius 2 is 1.85 bits per heavy atom. The summed E-state index contributed by atoms with van der Waals surface area (Å²) in [7, 11) is 0. The van der Waals surface area contributed by atoms with Crippen LogP contribution in [-0.4, -0.2) is 18.4 Å². The largest absolute Gasteiger partial charge is 0.416 e. The lowest BCUT2D eigenvalue weighted by Gasteiger charge is -2.20. The molecule has 1 atom stereocenters. The van der Waals surface area contributed by atoms with E-state index in [9.17, 15) is 22.8 Å². The van der Waals surface area contributed by atoms with Crippen molar-refractivity contribution in [3.8, 4) is 0 Å². The van der Waals surface area contributed by atoms with E-state index in [1.807, 2.05) is 0 Å². The van der Waals surface area contributed by atoms with Crippen molar-refractivity contribution in [2.45, 2.75) is 12.6 Å². The minimum absolute atomic E-state index is 0.0236. The van der Waals surface area contributed by atoms with Gasteiger partial charge in [0.2, 0.25) is 11.8 Å². The topological polar surface area (TPSA) is 49.4 Å². The molecular formula is C18H14ClF3N2O2. The summed E-state index contributed by atoms with van der Waals surface area (Å²) in [5, 5.41) is 2.72. The Morgan fingerprint density at radius 3 is 2.50 bits per heavy atom. The number of nitrogens with zero attached hydrogens (tertiary/aromatic N) is 1. The Bertz CT molecular complexity index is 840. The average molecular weight is 383 g/mol. The molecule has 0 spiro atoms. The first kappa shape index (κ1) is 18.3. The number of anilines is 2. The van der Waals surface area contributed by atoms with Crippen LogP contribution in [0.25, 0.3) is 0 Å². The monoisotopic (exact) mass is 382 g/mol. The van der Waals surface area contributed by atoms with Crippen molar-refractivity contribution in [2.24, 2.45) is 5.92 Å². The average Bonchev–Trinajstić information content (AvgIpc) is 2.97. The van der Waals surface area contributed by atoms with Gasteiger partial charge in [-0.2, -0.15) is 13.2 Å². The van der Waals surface area contributed by atoms with Crippen LogP contribution in [0.3, 0.4) is 0 Å². The van der Waals surface area contributed by atoms with E-state index in [1.165, 1.54) is 0 Å². The first-order valence-corrected chi connectivity index (χ1v) is 8.16. The molecule has 0 aromatic heterocycles. The van der Waals surface area contributed by atoms with Crippen molar-refractivity contribution >= 4 is 34.8 Å². The summed E-state index contributed by atoms with van der Waals surface area (Å²) in [6.45, 7) is -0.0292. The molecule has 1 saturated heterocycles. The lowest BCUT2D eigenvalue weighted by molar-refractivity contribution is -0.137. The fourth-order valence-corrected chi connectivity index (χ4v) is 3.00. The number of hydrogen-bond donors (Lipinski definition) is 1. The summed E-state index contributed by atoms with van der Waals surface area (Å²) in [5.74, 6) is -1.48. The highest BCUT2D eigenvalue weighted by Gasteiger charge is 2.37. The molecule has 0 bridgehead atoms. The molecule has 1 heterocycles. The number of amides is 2. The molecule has 2 amide bonds. The van der Waals surface area contributed by atoms with E-state index >= 15 is 0 Å². The lowest BCUT2D eigenvalue weighted by atomic mass is 10.1. The van der Waals surface area contributed by atoms with Gasteiger partial charge >= 0.3 is 6.18 Å². The summed E-state index contributed by atoms with van der Waals surface area (Å²) >= 11 is 5.99. The molecule has 26 heavy (non-hydrogen) atoms. The van der Waals surface area contributed by atoms with Gasteiger partial charge in [-0.3, -0.25) is 9.59 Å². The molecule has 0 aliphatic carbocycles. The SMILES string of the molecule is O=C(Nc1ccccc1)C1CC(=O)N(c2cc(C(F)(F)F)ccc2Cl)C1. The normalized spacial score (nSPS) is 17.5. The first-order chi connectivity index (χ1) is 12.3. The zero-order valence-electron chi connectivity index (χ0n) is 13.4. The zero-order chi connectivity index (χ0) is 18.9. The minimum atomic E-state index is -4.55. The van der Waals surface area contributed by atoms with E-state index in [4.69, 9.17) is 11.6 Å². The van der Waals surface area contributed by atoms with Crippen LogP contribution < -0.4 is 10.2 Å². The molecule has 4 nitrogen and oxygen atoms in total. The molecular weight excluding hydrogens is 369 g/mol. The van der Waals surface area contributed by atoms with Crippen LogP contribution in [0.5, 0.6) is 0 Å². The van der Waals surface area contributed by atoms with Crippen LogP contribution >= 0.6 is 11.6 Å². The summed E-state index contributed by atoms with van der Waals surface area (Å²) < 4.78 is 38.8. The fraction of sp³-hybridized carbons (Fsp3) is 0.222. The number of carbonyl (C=O) groups is 2. The minimum Gasteiger partial charge on any atom is -0.326 e. The number of para-hydroxylation sites is 1. The number of benzene rings is 2. The summed E-state index contributed by atoms with van der Waals surface area (Å²) in [6.07, 6.45) is -4.64. The van der Waals surface area contributed by atoms with Gasteiger partial charge in [-0.05, 0) is 30.3 Å². The third kappa shape index (κ3) is 3.83. The second-order valence-electron chi connectivity index (χ2n) is 5.92. The maximum atomic E-state index is 12.9. The molecule has 1 unspecified atom stereocenters. The van der Waals surface area contributed by atoms with E-state index in [-0.39, 0.29) is 29.6 Å². The molecule has 0 radical (unpaired) electrons. The van der Waals surface area contributed by atoms with Crippen molar-refractivity contribution in [2.75, 3.05) is 16.8 Å². The van der Waals surface area contributed by atoms with Gasteiger partial charge in [0.1, 0.15) is 0 Å². The molecule has 2 aromatic carbocycles. The predicted octanol–water partition coefficient (Wildman–Crippen LogP) is 4.35. The van der Waals surface area contributed by atoms with Crippen LogP contribution in [0, 0.1) is 5.92 Å². The number of carbonyl (C=O) groups excluding carboxylic acids is 2. The van der Waals surface area contributed by atoms with E-state index in [2.05, 4.69) is 5.32 Å². The third-order valence-corrected chi connectivity index (χ3v) is 4.42. The molecule has 1 aliphatic rings. The number of halogens is 4. The first-order valence-electron chi connectivity index (χ1n) is 7.79. The van der Waals surface area contributed by atoms with Gasteiger partial charge < -0.3 is 10.2 Å². The fourth-order valence-electron chi connectivity index (χ4n) is 2.78. The molecule has 0 saturated carbocycles. The Morgan fingerprint density at radius 1 is 1.15 bits per heavy atom. The second-order valence-corrected chi connectivity index (χ2v) is 6.33.